The van der Waals surface area contributed by atoms with E-state index in [-0.39, 0.29) is 18.1 Å². The van der Waals surface area contributed by atoms with Crippen LogP contribution in [-0.2, 0) is 17.8 Å². The summed E-state index contributed by atoms with van der Waals surface area (Å²) in [4.78, 5) is 28.3. The van der Waals surface area contributed by atoms with Gasteiger partial charge >= 0.3 is 0 Å². The molecule has 0 spiro atoms. The van der Waals surface area contributed by atoms with Crippen LogP contribution in [0.4, 0.5) is 11.4 Å². The van der Waals surface area contributed by atoms with Crippen molar-refractivity contribution in [1.29, 1.82) is 0 Å². The van der Waals surface area contributed by atoms with Crippen LogP contribution < -0.4 is 4.90 Å². The van der Waals surface area contributed by atoms with Crippen LogP contribution in [0.2, 0.25) is 0 Å². The Labute approximate surface area is 179 Å². The predicted octanol–water partition coefficient (Wildman–Crippen LogP) is 2.16. The summed E-state index contributed by atoms with van der Waals surface area (Å²) in [7, 11) is 0. The number of anilines is 1. The number of hydrogen-bond donors (Lipinski definition) is 0. The third-order valence-electron chi connectivity index (χ3n) is 5.41. The third kappa shape index (κ3) is 4.68. The lowest BCUT2D eigenvalue weighted by molar-refractivity contribution is -0.384. The standard InChI is InChI=1S/C21H23N7O3/c1-2-16-3-5-17(6-4-16)21-22-24-27(23-21)15-20(29)26-13-11-25(12-14-26)18-7-9-19(10-8-18)28(30)31/h3-10H,2,11-15H2,1H3. The second-order valence-electron chi connectivity index (χ2n) is 7.34. The average Bonchev–Trinajstić information content (AvgIpc) is 3.27. The monoisotopic (exact) mass is 421 g/mol. The van der Waals surface area contributed by atoms with E-state index < -0.39 is 4.92 Å². The molecule has 160 valence electrons. The zero-order valence-corrected chi connectivity index (χ0v) is 17.2. The number of rotatable bonds is 6. The molecule has 31 heavy (non-hydrogen) atoms. The number of nitro benzene ring substituents is 1. The van der Waals surface area contributed by atoms with Gasteiger partial charge in [-0.25, -0.2) is 0 Å². The Kier molecular flexibility index (Phi) is 5.87. The van der Waals surface area contributed by atoms with Gasteiger partial charge in [0.2, 0.25) is 11.7 Å². The number of carbonyl (C=O) groups is 1. The number of benzene rings is 2. The van der Waals surface area contributed by atoms with Gasteiger partial charge in [-0.1, -0.05) is 31.2 Å². The summed E-state index contributed by atoms with van der Waals surface area (Å²) in [6.45, 7) is 4.58. The first-order chi connectivity index (χ1) is 15.0. The van der Waals surface area contributed by atoms with Gasteiger partial charge in [0, 0.05) is 49.6 Å². The minimum atomic E-state index is -0.412. The molecule has 10 heteroatoms. The van der Waals surface area contributed by atoms with Gasteiger partial charge in [0.05, 0.1) is 4.92 Å². The maximum atomic E-state index is 12.7. The van der Waals surface area contributed by atoms with E-state index >= 15 is 0 Å². The normalized spacial score (nSPS) is 14.0. The number of hydrogen-bond acceptors (Lipinski definition) is 7. The van der Waals surface area contributed by atoms with Crippen molar-refractivity contribution in [1.82, 2.24) is 25.1 Å². The molecule has 2 heterocycles. The Bertz CT molecular complexity index is 1060. The van der Waals surface area contributed by atoms with Gasteiger partial charge in [0.25, 0.3) is 5.69 Å². The molecule has 0 aliphatic carbocycles. The molecule has 3 aromatic rings. The van der Waals surface area contributed by atoms with Crippen molar-refractivity contribution < 1.29 is 9.72 Å². The molecule has 0 radical (unpaired) electrons. The summed E-state index contributed by atoms with van der Waals surface area (Å²) >= 11 is 0. The second-order valence-corrected chi connectivity index (χ2v) is 7.34. The smallest absolute Gasteiger partial charge is 0.269 e. The molecule has 4 rings (SSSR count). The van der Waals surface area contributed by atoms with Crippen molar-refractivity contribution in [2.24, 2.45) is 0 Å². The Hall–Kier alpha value is -3.82. The van der Waals surface area contributed by atoms with Gasteiger partial charge in [-0.05, 0) is 29.3 Å². The Balaban J connectivity index is 1.32. The summed E-state index contributed by atoms with van der Waals surface area (Å²) in [6.07, 6.45) is 0.965. The highest BCUT2D eigenvalue weighted by atomic mass is 16.6. The number of non-ortho nitro benzene ring substituents is 1. The highest BCUT2D eigenvalue weighted by Crippen LogP contribution is 2.21. The number of nitro groups is 1. The minimum absolute atomic E-state index is 0.0393. The number of aryl methyl sites for hydroxylation is 1. The van der Waals surface area contributed by atoms with Crippen molar-refractivity contribution in [2.75, 3.05) is 31.1 Å². The van der Waals surface area contributed by atoms with Crippen LogP contribution in [0.3, 0.4) is 0 Å². The lowest BCUT2D eigenvalue weighted by Gasteiger charge is -2.36. The summed E-state index contributed by atoms with van der Waals surface area (Å²) in [5, 5.41) is 23.2. The van der Waals surface area contributed by atoms with Crippen molar-refractivity contribution in [3.8, 4) is 11.4 Å². The average molecular weight is 421 g/mol. The first-order valence-electron chi connectivity index (χ1n) is 10.2. The molecule has 2 aromatic carbocycles. The summed E-state index contributed by atoms with van der Waals surface area (Å²) in [5.41, 5.74) is 3.08. The SMILES string of the molecule is CCc1ccc(-c2nnn(CC(=O)N3CCN(c4ccc([N+](=O)[O-])cc4)CC3)n2)cc1. The molecule has 1 amide bonds. The van der Waals surface area contributed by atoms with E-state index in [2.05, 4.69) is 27.2 Å². The molecule has 1 fully saturated rings. The molecule has 0 saturated carbocycles. The van der Waals surface area contributed by atoms with E-state index in [1.807, 2.05) is 24.3 Å². The van der Waals surface area contributed by atoms with Gasteiger partial charge < -0.3 is 9.80 Å². The zero-order chi connectivity index (χ0) is 21.8. The summed E-state index contributed by atoms with van der Waals surface area (Å²) < 4.78 is 0. The largest absolute Gasteiger partial charge is 0.368 e. The number of nitrogens with zero attached hydrogens (tertiary/aromatic N) is 7. The van der Waals surface area contributed by atoms with E-state index in [4.69, 9.17) is 0 Å². The number of tetrazole rings is 1. The molecular formula is C21H23N7O3. The molecule has 0 N–H and O–H groups in total. The molecule has 0 atom stereocenters. The molecule has 0 bridgehead atoms. The van der Waals surface area contributed by atoms with Crippen molar-refractivity contribution in [3.63, 3.8) is 0 Å². The number of piperazine rings is 1. The maximum absolute atomic E-state index is 12.7. The molecule has 1 aromatic heterocycles. The van der Waals surface area contributed by atoms with Gasteiger partial charge in [0.1, 0.15) is 6.54 Å². The highest BCUT2D eigenvalue weighted by Gasteiger charge is 2.22. The van der Waals surface area contributed by atoms with Crippen LogP contribution in [0.1, 0.15) is 12.5 Å². The van der Waals surface area contributed by atoms with Crippen LogP contribution in [0.15, 0.2) is 48.5 Å². The zero-order valence-electron chi connectivity index (χ0n) is 17.2. The lowest BCUT2D eigenvalue weighted by atomic mass is 10.1. The maximum Gasteiger partial charge on any atom is 0.269 e. The van der Waals surface area contributed by atoms with Crippen LogP contribution >= 0.6 is 0 Å². The van der Waals surface area contributed by atoms with E-state index in [9.17, 15) is 14.9 Å². The van der Waals surface area contributed by atoms with Crippen LogP contribution in [0.5, 0.6) is 0 Å². The topological polar surface area (TPSA) is 110 Å². The Morgan fingerprint density at radius 3 is 2.32 bits per heavy atom. The van der Waals surface area contributed by atoms with Crippen molar-refractivity contribution in [3.05, 3.63) is 64.2 Å². The second kappa shape index (κ2) is 8.90. The van der Waals surface area contributed by atoms with E-state index in [0.29, 0.717) is 32.0 Å². The van der Waals surface area contributed by atoms with Crippen molar-refractivity contribution >= 4 is 17.3 Å². The first-order valence-corrected chi connectivity index (χ1v) is 10.2. The minimum Gasteiger partial charge on any atom is -0.368 e. The van der Waals surface area contributed by atoms with Crippen LogP contribution in [0, 0.1) is 10.1 Å². The van der Waals surface area contributed by atoms with E-state index in [1.54, 1.807) is 17.0 Å². The number of aromatic nitrogens is 4. The first kappa shape index (κ1) is 20.5. The Morgan fingerprint density at radius 1 is 1.03 bits per heavy atom. The fourth-order valence-corrected chi connectivity index (χ4v) is 3.54. The summed E-state index contributed by atoms with van der Waals surface area (Å²) in [6, 6.07) is 14.5. The fraction of sp³-hybridized carbons (Fsp3) is 0.333. The number of carbonyl (C=O) groups excluding carboxylic acids is 1. The van der Waals surface area contributed by atoms with Crippen molar-refractivity contribution in [2.45, 2.75) is 19.9 Å². The quantitative estimate of drug-likeness (QED) is 0.443. The van der Waals surface area contributed by atoms with E-state index in [1.165, 1.54) is 22.5 Å². The third-order valence-corrected chi connectivity index (χ3v) is 5.41. The predicted molar refractivity (Wildman–Crippen MR) is 115 cm³/mol. The fourth-order valence-electron chi connectivity index (χ4n) is 3.54. The van der Waals surface area contributed by atoms with Gasteiger partial charge in [-0.15, -0.1) is 10.2 Å². The van der Waals surface area contributed by atoms with Crippen LogP contribution in [-0.4, -0.2) is 62.1 Å². The molecule has 1 saturated heterocycles. The Morgan fingerprint density at radius 2 is 1.71 bits per heavy atom. The highest BCUT2D eigenvalue weighted by molar-refractivity contribution is 5.76. The molecular weight excluding hydrogens is 398 g/mol. The molecule has 1 aliphatic rings. The molecule has 0 unspecified atom stereocenters. The van der Waals surface area contributed by atoms with Gasteiger partial charge in [0.15, 0.2) is 0 Å². The van der Waals surface area contributed by atoms with Gasteiger partial charge in [-0.3, -0.25) is 14.9 Å². The van der Waals surface area contributed by atoms with Gasteiger partial charge in [-0.2, -0.15) is 4.80 Å². The van der Waals surface area contributed by atoms with E-state index in [0.717, 1.165) is 17.7 Å². The molecule has 10 nitrogen and oxygen atoms in total. The lowest BCUT2D eigenvalue weighted by Crippen LogP contribution is -2.49. The molecule has 1 aliphatic heterocycles. The number of amides is 1. The van der Waals surface area contributed by atoms with Crippen LogP contribution in [0.25, 0.3) is 11.4 Å². The summed E-state index contributed by atoms with van der Waals surface area (Å²) in [5.74, 6) is 0.437.